The quantitative estimate of drug-likeness (QED) is 0.520. The number of thioether (sulfide) groups is 1. The van der Waals surface area contributed by atoms with Crippen molar-refractivity contribution in [2.24, 2.45) is 5.92 Å². The van der Waals surface area contributed by atoms with Crippen molar-refractivity contribution in [2.45, 2.75) is 43.9 Å². The van der Waals surface area contributed by atoms with Gasteiger partial charge in [0.2, 0.25) is 0 Å². The van der Waals surface area contributed by atoms with E-state index in [4.69, 9.17) is 11.6 Å². The predicted molar refractivity (Wildman–Crippen MR) is 83.8 cm³/mol. The maximum atomic E-state index is 6.51. The van der Waals surface area contributed by atoms with Crippen molar-refractivity contribution in [3.8, 4) is 0 Å². The Morgan fingerprint density at radius 2 is 2.00 bits per heavy atom. The molecule has 1 aliphatic carbocycles. The normalized spacial score (nSPS) is 28.2. The molecule has 1 aliphatic rings. The largest absolute Gasteiger partial charge is 0.162 e. The minimum absolute atomic E-state index is 0.405. The van der Waals surface area contributed by atoms with Crippen LogP contribution < -0.4 is 0 Å². The fraction of sp³-hybridized carbons (Fsp3) is 0.625. The van der Waals surface area contributed by atoms with Crippen LogP contribution in [0.5, 0.6) is 0 Å². The van der Waals surface area contributed by atoms with E-state index in [1.165, 1.54) is 42.8 Å². The summed E-state index contributed by atoms with van der Waals surface area (Å²) in [5, 5.41) is 0.405. The van der Waals surface area contributed by atoms with Gasteiger partial charge in [-0.2, -0.15) is 11.8 Å². The van der Waals surface area contributed by atoms with Crippen LogP contribution in [0.2, 0.25) is 0 Å². The maximum absolute atomic E-state index is 6.51. The molecule has 2 rings (SSSR count). The van der Waals surface area contributed by atoms with Gasteiger partial charge in [0.05, 0.1) is 0 Å². The average molecular weight is 283 g/mol. The van der Waals surface area contributed by atoms with Crippen molar-refractivity contribution < 1.29 is 0 Å². The van der Waals surface area contributed by atoms with Crippen LogP contribution in [0.25, 0.3) is 0 Å². The van der Waals surface area contributed by atoms with Crippen molar-refractivity contribution in [3.63, 3.8) is 0 Å². The highest BCUT2D eigenvalue weighted by Crippen LogP contribution is 2.40. The van der Waals surface area contributed by atoms with E-state index in [0.717, 1.165) is 5.92 Å². The maximum Gasteiger partial charge on any atom is 0.0365 e. The molecule has 3 unspecified atom stereocenters. The first-order valence-electron chi connectivity index (χ1n) is 7.08. The predicted octanol–water partition coefficient (Wildman–Crippen LogP) is 5.32. The molecule has 0 saturated heterocycles. The molecule has 2 heteroatoms. The third-order valence-electron chi connectivity index (χ3n) is 4.00. The Bertz CT molecular complexity index is 338. The van der Waals surface area contributed by atoms with Gasteiger partial charge in [-0.1, -0.05) is 37.3 Å². The second-order valence-electron chi connectivity index (χ2n) is 5.18. The third kappa shape index (κ3) is 3.93. The standard InChI is InChI=1S/C16H23ClS/c1-2-18-11-10-15-12-14(8-9-16(15)17)13-6-4-3-5-7-13/h3-7,14-16H,2,8-12H2,1H3. The van der Waals surface area contributed by atoms with Crippen LogP contribution in [0.3, 0.4) is 0 Å². The molecule has 0 bridgehead atoms. The Morgan fingerprint density at radius 1 is 1.22 bits per heavy atom. The fourth-order valence-electron chi connectivity index (χ4n) is 2.93. The van der Waals surface area contributed by atoms with Crippen molar-refractivity contribution in [1.29, 1.82) is 0 Å². The highest BCUT2D eigenvalue weighted by Gasteiger charge is 2.29. The van der Waals surface area contributed by atoms with Gasteiger partial charge in [-0.05, 0) is 54.6 Å². The minimum atomic E-state index is 0.405. The Kier molecular flexibility index (Phi) is 5.91. The molecule has 3 atom stereocenters. The lowest BCUT2D eigenvalue weighted by Gasteiger charge is -2.33. The molecule has 18 heavy (non-hydrogen) atoms. The first kappa shape index (κ1) is 14.3. The zero-order valence-corrected chi connectivity index (χ0v) is 12.7. The zero-order valence-electron chi connectivity index (χ0n) is 11.1. The summed E-state index contributed by atoms with van der Waals surface area (Å²) in [5.41, 5.74) is 1.51. The molecule has 0 aliphatic heterocycles. The van der Waals surface area contributed by atoms with E-state index in [9.17, 15) is 0 Å². The van der Waals surface area contributed by atoms with Gasteiger partial charge in [0.25, 0.3) is 0 Å². The molecule has 0 amide bonds. The van der Waals surface area contributed by atoms with E-state index in [2.05, 4.69) is 37.3 Å². The van der Waals surface area contributed by atoms with Crippen molar-refractivity contribution in [3.05, 3.63) is 35.9 Å². The number of alkyl halides is 1. The van der Waals surface area contributed by atoms with E-state index in [-0.39, 0.29) is 0 Å². The molecular formula is C16H23ClS. The molecule has 0 heterocycles. The summed E-state index contributed by atoms with van der Waals surface area (Å²) in [6.07, 6.45) is 5.01. The van der Waals surface area contributed by atoms with Gasteiger partial charge in [0.1, 0.15) is 0 Å². The van der Waals surface area contributed by atoms with Crippen LogP contribution in [-0.4, -0.2) is 16.9 Å². The van der Waals surface area contributed by atoms with Crippen LogP contribution in [-0.2, 0) is 0 Å². The topological polar surface area (TPSA) is 0 Å². The highest BCUT2D eigenvalue weighted by molar-refractivity contribution is 7.99. The van der Waals surface area contributed by atoms with Crippen LogP contribution in [0.4, 0.5) is 0 Å². The lowest BCUT2D eigenvalue weighted by Crippen LogP contribution is -2.25. The van der Waals surface area contributed by atoms with Crippen molar-refractivity contribution >= 4 is 23.4 Å². The SMILES string of the molecule is CCSCCC1CC(c2ccccc2)CCC1Cl. The Morgan fingerprint density at radius 3 is 2.72 bits per heavy atom. The van der Waals surface area contributed by atoms with E-state index < -0.39 is 0 Å². The van der Waals surface area contributed by atoms with Crippen LogP contribution in [0, 0.1) is 5.92 Å². The summed E-state index contributed by atoms with van der Waals surface area (Å²) in [6, 6.07) is 11.0. The summed E-state index contributed by atoms with van der Waals surface area (Å²) in [4.78, 5) is 0. The monoisotopic (exact) mass is 282 g/mol. The molecule has 0 N–H and O–H groups in total. The average Bonchev–Trinajstić information content (AvgIpc) is 2.42. The van der Waals surface area contributed by atoms with Gasteiger partial charge < -0.3 is 0 Å². The summed E-state index contributed by atoms with van der Waals surface area (Å²) < 4.78 is 0. The van der Waals surface area contributed by atoms with Gasteiger partial charge in [0, 0.05) is 5.38 Å². The zero-order chi connectivity index (χ0) is 12.8. The molecule has 0 spiro atoms. The van der Waals surface area contributed by atoms with Gasteiger partial charge in [-0.25, -0.2) is 0 Å². The smallest absolute Gasteiger partial charge is 0.0365 e. The van der Waals surface area contributed by atoms with Gasteiger partial charge in [0.15, 0.2) is 0 Å². The molecular weight excluding hydrogens is 260 g/mol. The molecule has 1 aromatic rings. The van der Waals surface area contributed by atoms with E-state index >= 15 is 0 Å². The number of hydrogen-bond donors (Lipinski definition) is 0. The van der Waals surface area contributed by atoms with E-state index in [0.29, 0.717) is 11.3 Å². The lowest BCUT2D eigenvalue weighted by atomic mass is 9.77. The summed E-state index contributed by atoms with van der Waals surface area (Å²) >= 11 is 8.55. The van der Waals surface area contributed by atoms with Gasteiger partial charge in [-0.3, -0.25) is 0 Å². The highest BCUT2D eigenvalue weighted by atomic mass is 35.5. The molecule has 0 aromatic heterocycles. The summed E-state index contributed by atoms with van der Waals surface area (Å²) in [7, 11) is 0. The van der Waals surface area contributed by atoms with E-state index in [1.807, 2.05) is 11.8 Å². The molecule has 0 radical (unpaired) electrons. The Labute approximate surface area is 121 Å². The summed E-state index contributed by atoms with van der Waals surface area (Å²) in [5.74, 6) is 3.94. The number of benzene rings is 1. The summed E-state index contributed by atoms with van der Waals surface area (Å²) in [6.45, 7) is 2.23. The molecule has 1 fully saturated rings. The van der Waals surface area contributed by atoms with Crippen molar-refractivity contribution in [2.75, 3.05) is 11.5 Å². The van der Waals surface area contributed by atoms with Crippen molar-refractivity contribution in [1.82, 2.24) is 0 Å². The first-order valence-corrected chi connectivity index (χ1v) is 8.67. The molecule has 1 aromatic carbocycles. The third-order valence-corrected chi connectivity index (χ3v) is 5.50. The van der Waals surface area contributed by atoms with Gasteiger partial charge in [-0.15, -0.1) is 11.6 Å². The molecule has 0 nitrogen and oxygen atoms in total. The van der Waals surface area contributed by atoms with Gasteiger partial charge >= 0.3 is 0 Å². The van der Waals surface area contributed by atoms with E-state index in [1.54, 1.807) is 0 Å². The Balaban J connectivity index is 1.91. The van der Waals surface area contributed by atoms with Crippen LogP contribution in [0.1, 0.15) is 44.1 Å². The number of rotatable bonds is 5. The second-order valence-corrected chi connectivity index (χ2v) is 7.14. The Hall–Kier alpha value is -0.140. The molecule has 100 valence electrons. The number of hydrogen-bond acceptors (Lipinski definition) is 1. The number of halogens is 1. The second kappa shape index (κ2) is 7.45. The van der Waals surface area contributed by atoms with Crippen LogP contribution >= 0.6 is 23.4 Å². The molecule has 1 saturated carbocycles. The van der Waals surface area contributed by atoms with Crippen LogP contribution in [0.15, 0.2) is 30.3 Å². The lowest BCUT2D eigenvalue weighted by molar-refractivity contribution is 0.322. The minimum Gasteiger partial charge on any atom is -0.162 e. The first-order chi connectivity index (χ1) is 8.81. The fourth-order valence-corrected chi connectivity index (χ4v) is 4.05.